The zero-order valence-corrected chi connectivity index (χ0v) is 14.2. The first-order chi connectivity index (χ1) is 11.7. The number of nitrogens with one attached hydrogen (secondary N) is 2. The van der Waals surface area contributed by atoms with Crippen molar-refractivity contribution in [1.82, 2.24) is 15.5 Å². The molecule has 1 aromatic heterocycles. The van der Waals surface area contributed by atoms with Crippen molar-refractivity contribution < 1.29 is 9.59 Å². The summed E-state index contributed by atoms with van der Waals surface area (Å²) in [5.74, 6) is 0.00407. The number of benzene rings is 1. The summed E-state index contributed by atoms with van der Waals surface area (Å²) in [5.41, 5.74) is 1.18. The van der Waals surface area contributed by atoms with E-state index in [-0.39, 0.29) is 18.0 Å². The Morgan fingerprint density at radius 1 is 1.21 bits per heavy atom. The van der Waals surface area contributed by atoms with E-state index in [1.165, 1.54) is 5.56 Å². The van der Waals surface area contributed by atoms with E-state index >= 15 is 0 Å². The first kappa shape index (κ1) is 16.5. The first-order valence-corrected chi connectivity index (χ1v) is 9.00. The predicted octanol–water partition coefficient (Wildman–Crippen LogP) is 2.56. The molecule has 6 heteroatoms. The highest BCUT2D eigenvalue weighted by Crippen LogP contribution is 2.23. The zero-order valence-electron chi connectivity index (χ0n) is 13.4. The maximum absolute atomic E-state index is 12.6. The van der Waals surface area contributed by atoms with Gasteiger partial charge in [-0.25, -0.2) is 4.79 Å². The third-order valence-electron chi connectivity index (χ3n) is 4.07. The molecule has 1 atom stereocenters. The van der Waals surface area contributed by atoms with Crippen molar-refractivity contribution in [3.63, 3.8) is 0 Å². The number of rotatable bonds is 4. The van der Waals surface area contributed by atoms with E-state index in [0.717, 1.165) is 11.3 Å². The molecule has 2 heterocycles. The molecule has 1 saturated heterocycles. The Labute approximate surface area is 145 Å². The van der Waals surface area contributed by atoms with Crippen LogP contribution in [-0.4, -0.2) is 36.5 Å². The molecule has 1 fully saturated rings. The summed E-state index contributed by atoms with van der Waals surface area (Å²) in [7, 11) is 0. The highest BCUT2D eigenvalue weighted by atomic mass is 32.1. The Balaban J connectivity index is 1.69. The van der Waals surface area contributed by atoms with Gasteiger partial charge in [-0.3, -0.25) is 4.79 Å². The number of carbonyl (C=O) groups excluding carboxylic acids is 2. The van der Waals surface area contributed by atoms with Crippen LogP contribution in [0.15, 0.2) is 47.8 Å². The van der Waals surface area contributed by atoms with Crippen molar-refractivity contribution in [3.05, 3.63) is 58.3 Å². The molecular weight excluding hydrogens is 322 g/mol. The van der Waals surface area contributed by atoms with E-state index in [4.69, 9.17) is 0 Å². The number of carbonyl (C=O) groups is 2. The van der Waals surface area contributed by atoms with E-state index in [0.29, 0.717) is 26.1 Å². The van der Waals surface area contributed by atoms with Crippen molar-refractivity contribution in [3.8, 4) is 0 Å². The Morgan fingerprint density at radius 2 is 2.04 bits per heavy atom. The fourth-order valence-electron chi connectivity index (χ4n) is 2.77. The molecule has 0 unspecified atom stereocenters. The Hall–Kier alpha value is -2.34. The summed E-state index contributed by atoms with van der Waals surface area (Å²) >= 11 is 1.64. The molecule has 1 aliphatic rings. The maximum Gasteiger partial charge on any atom is 0.317 e. The number of nitrogens with zero attached hydrogens (tertiary/aromatic N) is 1. The lowest BCUT2D eigenvalue weighted by molar-refractivity contribution is -0.120. The van der Waals surface area contributed by atoms with Crippen LogP contribution in [0.2, 0.25) is 0 Å². The second kappa shape index (κ2) is 7.97. The molecule has 126 valence electrons. The van der Waals surface area contributed by atoms with E-state index in [1.54, 1.807) is 16.2 Å². The zero-order chi connectivity index (χ0) is 16.8. The van der Waals surface area contributed by atoms with Crippen LogP contribution in [0.1, 0.15) is 22.9 Å². The molecule has 1 aliphatic heterocycles. The number of hydrogen-bond acceptors (Lipinski definition) is 3. The number of hydrogen-bond donors (Lipinski definition) is 2. The highest BCUT2D eigenvalue weighted by molar-refractivity contribution is 7.10. The number of thiophene rings is 1. The molecule has 5 nitrogen and oxygen atoms in total. The molecular formula is C18H21N3O2S. The molecule has 0 spiro atoms. The van der Waals surface area contributed by atoms with Crippen LogP contribution in [-0.2, 0) is 11.2 Å². The smallest absolute Gasteiger partial charge is 0.317 e. The maximum atomic E-state index is 12.6. The topological polar surface area (TPSA) is 61.4 Å². The summed E-state index contributed by atoms with van der Waals surface area (Å²) < 4.78 is 0. The third-order valence-corrected chi connectivity index (χ3v) is 5.05. The van der Waals surface area contributed by atoms with Gasteiger partial charge < -0.3 is 15.5 Å². The van der Waals surface area contributed by atoms with Crippen molar-refractivity contribution in [2.45, 2.75) is 18.9 Å². The van der Waals surface area contributed by atoms with Crippen molar-refractivity contribution in [1.29, 1.82) is 0 Å². The van der Waals surface area contributed by atoms with Gasteiger partial charge in [0.05, 0.1) is 6.04 Å². The van der Waals surface area contributed by atoms with Crippen LogP contribution in [0, 0.1) is 0 Å². The van der Waals surface area contributed by atoms with Gasteiger partial charge in [0, 0.05) is 30.9 Å². The van der Waals surface area contributed by atoms with E-state index in [1.807, 2.05) is 35.7 Å². The lowest BCUT2D eigenvalue weighted by Crippen LogP contribution is -2.43. The van der Waals surface area contributed by atoms with Gasteiger partial charge in [-0.15, -0.1) is 11.3 Å². The molecule has 0 saturated carbocycles. The monoisotopic (exact) mass is 343 g/mol. The minimum atomic E-state index is -0.110. The predicted molar refractivity (Wildman–Crippen MR) is 94.9 cm³/mol. The summed E-state index contributed by atoms with van der Waals surface area (Å²) in [6, 6.07) is 14.0. The fraction of sp³-hybridized carbons (Fsp3) is 0.333. The van der Waals surface area contributed by atoms with Crippen LogP contribution < -0.4 is 10.6 Å². The summed E-state index contributed by atoms with van der Waals surface area (Å²) in [6.45, 7) is 1.51. The molecule has 1 aromatic carbocycles. The molecule has 2 N–H and O–H groups in total. The van der Waals surface area contributed by atoms with E-state index < -0.39 is 0 Å². The summed E-state index contributed by atoms with van der Waals surface area (Å²) in [5, 5.41) is 7.95. The van der Waals surface area contributed by atoms with Crippen LogP contribution in [0.3, 0.4) is 0 Å². The lowest BCUT2D eigenvalue weighted by atomic mass is 10.0. The second-order valence-electron chi connectivity index (χ2n) is 5.79. The van der Waals surface area contributed by atoms with Crippen LogP contribution >= 0.6 is 11.3 Å². The normalized spacial score (nSPS) is 16.2. The molecule has 2 aromatic rings. The van der Waals surface area contributed by atoms with Crippen LogP contribution in [0.4, 0.5) is 4.79 Å². The van der Waals surface area contributed by atoms with Gasteiger partial charge in [-0.2, -0.15) is 0 Å². The molecule has 3 amide bonds. The van der Waals surface area contributed by atoms with Crippen LogP contribution in [0.5, 0.6) is 0 Å². The third kappa shape index (κ3) is 4.35. The van der Waals surface area contributed by atoms with Gasteiger partial charge in [-0.1, -0.05) is 36.4 Å². The van der Waals surface area contributed by atoms with Crippen LogP contribution in [0.25, 0.3) is 0 Å². The van der Waals surface area contributed by atoms with Crippen molar-refractivity contribution in [2.75, 3.05) is 19.6 Å². The first-order valence-electron chi connectivity index (χ1n) is 8.12. The van der Waals surface area contributed by atoms with Crippen molar-refractivity contribution in [2.24, 2.45) is 0 Å². The largest absolute Gasteiger partial charge is 0.354 e. The SMILES string of the molecule is O=C1CCN(C(=O)N[C@H](Cc2ccccc2)c2cccs2)CCN1. The standard InChI is InChI=1S/C18H21N3O2S/c22-17-8-10-21(11-9-19-17)18(23)20-15(16-7-4-12-24-16)13-14-5-2-1-3-6-14/h1-7,12,15H,8-11,13H2,(H,19,22)(H,20,23)/t15-/m1/s1. The average Bonchev–Trinajstić information content (AvgIpc) is 3.04. The summed E-state index contributed by atoms with van der Waals surface area (Å²) in [6.07, 6.45) is 1.11. The highest BCUT2D eigenvalue weighted by Gasteiger charge is 2.22. The van der Waals surface area contributed by atoms with Gasteiger partial charge in [-0.05, 0) is 23.4 Å². The number of urea groups is 1. The molecule has 3 rings (SSSR count). The van der Waals surface area contributed by atoms with Gasteiger partial charge in [0.1, 0.15) is 0 Å². The molecule has 24 heavy (non-hydrogen) atoms. The molecule has 0 radical (unpaired) electrons. The average molecular weight is 343 g/mol. The number of amides is 3. The Morgan fingerprint density at radius 3 is 2.79 bits per heavy atom. The quantitative estimate of drug-likeness (QED) is 0.896. The van der Waals surface area contributed by atoms with Crippen molar-refractivity contribution >= 4 is 23.3 Å². The van der Waals surface area contributed by atoms with Gasteiger partial charge in [0.15, 0.2) is 0 Å². The van der Waals surface area contributed by atoms with Gasteiger partial charge >= 0.3 is 6.03 Å². The van der Waals surface area contributed by atoms with E-state index in [2.05, 4.69) is 22.8 Å². The Kier molecular flexibility index (Phi) is 5.48. The second-order valence-corrected chi connectivity index (χ2v) is 6.77. The van der Waals surface area contributed by atoms with Gasteiger partial charge in [0.25, 0.3) is 0 Å². The lowest BCUT2D eigenvalue weighted by Gasteiger charge is -2.24. The van der Waals surface area contributed by atoms with Gasteiger partial charge in [0.2, 0.25) is 5.91 Å². The molecule has 0 aliphatic carbocycles. The van der Waals surface area contributed by atoms with E-state index in [9.17, 15) is 9.59 Å². The minimum Gasteiger partial charge on any atom is -0.354 e. The summed E-state index contributed by atoms with van der Waals surface area (Å²) in [4.78, 5) is 26.9. The fourth-order valence-corrected chi connectivity index (χ4v) is 3.55. The molecule has 0 bridgehead atoms. The Bertz CT molecular complexity index is 673. The minimum absolute atomic E-state index is 0.00407.